The Morgan fingerprint density at radius 2 is 1.96 bits per heavy atom. The van der Waals surface area contributed by atoms with E-state index in [1.165, 1.54) is 0 Å². The lowest BCUT2D eigenvalue weighted by atomic mass is 10.2. The van der Waals surface area contributed by atoms with E-state index in [-0.39, 0.29) is 11.6 Å². The second-order valence-corrected chi connectivity index (χ2v) is 6.25. The number of aryl methyl sites for hydroxylation is 1. The van der Waals surface area contributed by atoms with Crippen molar-refractivity contribution in [1.29, 1.82) is 0 Å². The summed E-state index contributed by atoms with van der Waals surface area (Å²) >= 11 is 0. The maximum atomic E-state index is 12.6. The van der Waals surface area contributed by atoms with Crippen LogP contribution in [-0.2, 0) is 6.54 Å². The molecule has 0 atom stereocenters. The van der Waals surface area contributed by atoms with Crippen molar-refractivity contribution in [2.45, 2.75) is 13.5 Å². The molecule has 2 N–H and O–H groups in total. The number of aromatic nitrogens is 3. The Morgan fingerprint density at radius 3 is 2.79 bits per heavy atom. The first-order valence-electron chi connectivity index (χ1n) is 8.87. The average molecular weight is 377 g/mol. The van der Waals surface area contributed by atoms with Gasteiger partial charge in [0.05, 0.1) is 0 Å². The highest BCUT2D eigenvalue weighted by Crippen LogP contribution is 2.32. The fraction of sp³-hybridized carbons (Fsp3) is 0.200. The molecule has 0 unspecified atom stereocenters. The van der Waals surface area contributed by atoms with Crippen molar-refractivity contribution in [2.75, 3.05) is 23.8 Å². The van der Waals surface area contributed by atoms with Crippen LogP contribution in [0.15, 0.2) is 48.8 Å². The van der Waals surface area contributed by atoms with Gasteiger partial charge in [-0.1, -0.05) is 6.07 Å². The van der Waals surface area contributed by atoms with E-state index < -0.39 is 0 Å². The number of hydrogen-bond donors (Lipinski definition) is 2. The summed E-state index contributed by atoms with van der Waals surface area (Å²) in [5.41, 5.74) is 2.57. The van der Waals surface area contributed by atoms with Gasteiger partial charge in [0.1, 0.15) is 18.9 Å². The Kier molecular flexibility index (Phi) is 5.01. The first kappa shape index (κ1) is 17.7. The third kappa shape index (κ3) is 4.17. The van der Waals surface area contributed by atoms with E-state index in [0.29, 0.717) is 48.6 Å². The summed E-state index contributed by atoms with van der Waals surface area (Å²) in [5.74, 6) is 1.34. The summed E-state index contributed by atoms with van der Waals surface area (Å²) in [7, 11) is 0. The monoisotopic (exact) mass is 377 g/mol. The lowest BCUT2D eigenvalue weighted by Crippen LogP contribution is -2.18. The highest BCUT2D eigenvalue weighted by atomic mass is 16.6. The molecular formula is C20H19N5O3. The van der Waals surface area contributed by atoms with Crippen molar-refractivity contribution in [3.05, 3.63) is 65.7 Å². The molecule has 0 saturated carbocycles. The lowest BCUT2D eigenvalue weighted by molar-refractivity contribution is 0.102. The average Bonchev–Trinajstić information content (AvgIpc) is 2.72. The van der Waals surface area contributed by atoms with E-state index in [2.05, 4.69) is 25.6 Å². The summed E-state index contributed by atoms with van der Waals surface area (Å²) in [6.45, 7) is 3.34. The summed E-state index contributed by atoms with van der Waals surface area (Å²) in [4.78, 5) is 25.4. The largest absolute Gasteiger partial charge is 0.486 e. The number of rotatable bonds is 5. The number of anilines is 2. The Labute approximate surface area is 162 Å². The van der Waals surface area contributed by atoms with Crippen LogP contribution in [0, 0.1) is 6.92 Å². The van der Waals surface area contributed by atoms with Gasteiger partial charge < -0.3 is 20.1 Å². The SMILES string of the molecule is Cc1cc(C(=O)Nc2ccc3c(c2)OCCO3)nc(NCc2cccnc2)n1. The van der Waals surface area contributed by atoms with Crippen LogP contribution in [0.2, 0.25) is 0 Å². The number of nitrogens with zero attached hydrogens (tertiary/aromatic N) is 3. The van der Waals surface area contributed by atoms with Gasteiger partial charge in [0.25, 0.3) is 5.91 Å². The Balaban J connectivity index is 1.47. The molecule has 3 heterocycles. The van der Waals surface area contributed by atoms with Crippen LogP contribution in [-0.4, -0.2) is 34.1 Å². The number of carbonyl (C=O) groups is 1. The molecule has 2 aromatic heterocycles. The van der Waals surface area contributed by atoms with Crippen LogP contribution >= 0.6 is 0 Å². The zero-order valence-electron chi connectivity index (χ0n) is 15.3. The highest BCUT2D eigenvalue weighted by molar-refractivity contribution is 6.03. The van der Waals surface area contributed by atoms with Crippen LogP contribution in [0.3, 0.4) is 0 Å². The van der Waals surface area contributed by atoms with Crippen molar-refractivity contribution < 1.29 is 14.3 Å². The number of pyridine rings is 1. The van der Waals surface area contributed by atoms with Crippen molar-refractivity contribution >= 4 is 17.5 Å². The maximum absolute atomic E-state index is 12.6. The second kappa shape index (κ2) is 7.91. The predicted molar refractivity (Wildman–Crippen MR) is 104 cm³/mol. The Hall–Kier alpha value is -3.68. The molecule has 142 valence electrons. The number of ether oxygens (including phenoxy) is 2. The zero-order valence-corrected chi connectivity index (χ0v) is 15.3. The highest BCUT2D eigenvalue weighted by Gasteiger charge is 2.15. The summed E-state index contributed by atoms with van der Waals surface area (Å²) < 4.78 is 11.0. The number of benzene rings is 1. The van der Waals surface area contributed by atoms with Crippen LogP contribution in [0.4, 0.5) is 11.6 Å². The normalized spacial score (nSPS) is 12.3. The van der Waals surface area contributed by atoms with E-state index in [4.69, 9.17) is 9.47 Å². The molecule has 4 rings (SSSR count). The molecule has 1 aromatic carbocycles. The van der Waals surface area contributed by atoms with E-state index in [1.807, 2.05) is 19.1 Å². The smallest absolute Gasteiger partial charge is 0.274 e. The maximum Gasteiger partial charge on any atom is 0.274 e. The van der Waals surface area contributed by atoms with Crippen LogP contribution in [0.1, 0.15) is 21.7 Å². The van der Waals surface area contributed by atoms with Gasteiger partial charge in [-0.15, -0.1) is 0 Å². The molecular weight excluding hydrogens is 358 g/mol. The summed E-state index contributed by atoms with van der Waals surface area (Å²) in [5, 5.41) is 5.96. The fourth-order valence-corrected chi connectivity index (χ4v) is 2.76. The quantitative estimate of drug-likeness (QED) is 0.705. The number of carbonyl (C=O) groups excluding carboxylic acids is 1. The van der Waals surface area contributed by atoms with Gasteiger partial charge in [-0.3, -0.25) is 9.78 Å². The first-order valence-corrected chi connectivity index (χ1v) is 8.87. The number of amides is 1. The van der Waals surface area contributed by atoms with Gasteiger partial charge in [0.15, 0.2) is 11.5 Å². The minimum absolute atomic E-state index is 0.274. The minimum atomic E-state index is -0.327. The number of nitrogens with one attached hydrogen (secondary N) is 2. The van der Waals surface area contributed by atoms with Crippen LogP contribution in [0.25, 0.3) is 0 Å². The molecule has 0 radical (unpaired) electrons. The zero-order chi connectivity index (χ0) is 19.3. The molecule has 1 aliphatic rings. The molecule has 28 heavy (non-hydrogen) atoms. The topological polar surface area (TPSA) is 98.3 Å². The van der Waals surface area contributed by atoms with Gasteiger partial charge in [-0.25, -0.2) is 9.97 Å². The summed E-state index contributed by atoms with van der Waals surface area (Å²) in [6.07, 6.45) is 3.48. The third-order valence-corrected chi connectivity index (χ3v) is 4.06. The number of fused-ring (bicyclic) bond motifs is 1. The summed E-state index contributed by atoms with van der Waals surface area (Å²) in [6, 6.07) is 10.7. The Morgan fingerprint density at radius 1 is 1.11 bits per heavy atom. The molecule has 0 spiro atoms. The molecule has 8 nitrogen and oxygen atoms in total. The van der Waals surface area contributed by atoms with Crippen LogP contribution in [0.5, 0.6) is 11.5 Å². The van der Waals surface area contributed by atoms with Crippen LogP contribution < -0.4 is 20.1 Å². The molecule has 1 aliphatic heterocycles. The van der Waals surface area contributed by atoms with Crippen molar-refractivity contribution in [1.82, 2.24) is 15.0 Å². The minimum Gasteiger partial charge on any atom is -0.486 e. The Bertz CT molecular complexity index is 994. The van der Waals surface area contributed by atoms with Gasteiger partial charge >= 0.3 is 0 Å². The molecule has 0 aliphatic carbocycles. The third-order valence-electron chi connectivity index (χ3n) is 4.06. The predicted octanol–water partition coefficient (Wildman–Crippen LogP) is 2.82. The first-order chi connectivity index (χ1) is 13.7. The second-order valence-electron chi connectivity index (χ2n) is 6.25. The van der Waals surface area contributed by atoms with E-state index in [0.717, 1.165) is 5.56 Å². The lowest BCUT2D eigenvalue weighted by Gasteiger charge is -2.19. The van der Waals surface area contributed by atoms with E-state index in [1.54, 1.807) is 36.7 Å². The van der Waals surface area contributed by atoms with Crippen molar-refractivity contribution in [3.63, 3.8) is 0 Å². The fourth-order valence-electron chi connectivity index (χ4n) is 2.76. The van der Waals surface area contributed by atoms with Crippen molar-refractivity contribution in [2.24, 2.45) is 0 Å². The van der Waals surface area contributed by atoms with E-state index in [9.17, 15) is 4.79 Å². The molecule has 1 amide bonds. The molecule has 8 heteroatoms. The molecule has 0 saturated heterocycles. The number of hydrogen-bond acceptors (Lipinski definition) is 7. The van der Waals surface area contributed by atoms with Gasteiger partial charge in [0, 0.05) is 36.4 Å². The van der Waals surface area contributed by atoms with Gasteiger partial charge in [0.2, 0.25) is 5.95 Å². The molecule has 0 fully saturated rings. The standard InChI is InChI=1S/C20H19N5O3/c1-13-9-16(25-20(23-13)22-12-14-3-2-6-21-11-14)19(26)24-15-4-5-17-18(10-15)28-8-7-27-17/h2-6,9-11H,7-8,12H2,1H3,(H,24,26)(H,22,23,25). The molecule has 3 aromatic rings. The van der Waals surface area contributed by atoms with Crippen molar-refractivity contribution in [3.8, 4) is 11.5 Å². The van der Waals surface area contributed by atoms with E-state index >= 15 is 0 Å². The molecule has 0 bridgehead atoms. The van der Waals surface area contributed by atoms with Gasteiger partial charge in [-0.2, -0.15) is 0 Å². The van der Waals surface area contributed by atoms with Gasteiger partial charge in [-0.05, 0) is 36.8 Å².